The molecule has 0 N–H and O–H groups in total. The fourth-order valence-corrected chi connectivity index (χ4v) is 8.51. The molecule has 0 saturated carbocycles. The topological polar surface area (TPSA) is 41.9 Å². The Kier molecular flexibility index (Phi) is 9.14. The van der Waals surface area contributed by atoms with Crippen LogP contribution in [0.3, 0.4) is 0 Å². The number of para-hydroxylation sites is 3. The van der Waals surface area contributed by atoms with Gasteiger partial charge in [0.1, 0.15) is 0 Å². The summed E-state index contributed by atoms with van der Waals surface area (Å²) in [5.41, 5.74) is 13.3. The minimum atomic E-state index is 0.685. The Morgan fingerprint density at radius 1 is 0.311 bits per heavy atom. The molecule has 0 aliphatic carbocycles. The molecule has 286 valence electrons. The highest BCUT2D eigenvalue weighted by Crippen LogP contribution is 2.45. The largest absolute Gasteiger partial charge is 0.310 e. The highest BCUT2D eigenvalue weighted by atomic mass is 15.1. The lowest BCUT2D eigenvalue weighted by molar-refractivity contribution is 1.18. The Morgan fingerprint density at radius 3 is 1.48 bits per heavy atom. The predicted molar refractivity (Wildman–Crippen MR) is 254 cm³/mol. The Labute approximate surface area is 354 Å². The lowest BCUT2D eigenvalue weighted by atomic mass is 9.93. The molecule has 0 spiro atoms. The Balaban J connectivity index is 1.05. The third-order valence-corrected chi connectivity index (χ3v) is 11.5. The molecule has 11 rings (SSSR count). The van der Waals surface area contributed by atoms with Crippen LogP contribution in [0.4, 0.5) is 17.1 Å². The summed E-state index contributed by atoms with van der Waals surface area (Å²) in [6.45, 7) is 0. The SMILES string of the molecule is c1ccc(-c2ccc(-c3nc(-c4ccccc4)cc(-c4ccc(-c5nc6ccccc6c6c5ccc5cccc(N(c7ccccc7)c7ccccc7)c56)cc4)n3)cc2)cc1. The van der Waals surface area contributed by atoms with Gasteiger partial charge >= 0.3 is 0 Å². The maximum atomic E-state index is 5.37. The first-order valence-electron chi connectivity index (χ1n) is 20.6. The standard InChI is InChI=1S/C57H38N4/c1-5-16-39(17-6-1)40-28-34-45(35-29-40)57-59-51(41-18-7-2-8-19-41)38-52(60-57)42-30-32-44(33-31-42)56-49-37-36-43-20-15-27-53(54(43)55(49)48-25-13-14-26-50(48)58-56)61(46-21-9-3-10-22-46)47-23-11-4-12-24-47/h1-38H. The number of anilines is 3. The van der Waals surface area contributed by atoms with Crippen LogP contribution in [0.1, 0.15) is 0 Å². The van der Waals surface area contributed by atoms with E-state index in [4.69, 9.17) is 15.0 Å². The fraction of sp³-hybridized carbons (Fsp3) is 0. The molecule has 0 aliphatic heterocycles. The van der Waals surface area contributed by atoms with E-state index in [1.807, 2.05) is 24.3 Å². The van der Waals surface area contributed by atoms with Crippen molar-refractivity contribution >= 4 is 49.5 Å². The normalized spacial score (nSPS) is 11.3. The van der Waals surface area contributed by atoms with Gasteiger partial charge in [0.25, 0.3) is 0 Å². The van der Waals surface area contributed by atoms with Gasteiger partial charge in [-0.2, -0.15) is 0 Å². The van der Waals surface area contributed by atoms with Crippen molar-refractivity contribution in [2.24, 2.45) is 0 Å². The van der Waals surface area contributed by atoms with E-state index in [-0.39, 0.29) is 0 Å². The molecule has 0 radical (unpaired) electrons. The molecule has 4 nitrogen and oxygen atoms in total. The molecular weight excluding hydrogens is 741 g/mol. The number of aromatic nitrogens is 3. The highest BCUT2D eigenvalue weighted by molar-refractivity contribution is 6.26. The van der Waals surface area contributed by atoms with Crippen LogP contribution in [0.25, 0.3) is 88.7 Å². The predicted octanol–water partition coefficient (Wildman–Crippen LogP) is 15.1. The molecule has 11 aromatic rings. The van der Waals surface area contributed by atoms with Crippen molar-refractivity contribution in [2.75, 3.05) is 4.90 Å². The zero-order valence-corrected chi connectivity index (χ0v) is 33.2. The van der Waals surface area contributed by atoms with Crippen molar-refractivity contribution in [3.63, 3.8) is 0 Å². The monoisotopic (exact) mass is 778 g/mol. The van der Waals surface area contributed by atoms with Crippen LogP contribution in [0.2, 0.25) is 0 Å². The third-order valence-electron chi connectivity index (χ3n) is 11.5. The summed E-state index contributed by atoms with van der Waals surface area (Å²) < 4.78 is 0. The van der Waals surface area contributed by atoms with Crippen molar-refractivity contribution in [2.45, 2.75) is 0 Å². The summed E-state index contributed by atoms with van der Waals surface area (Å²) in [6, 6.07) is 80.9. The molecule has 61 heavy (non-hydrogen) atoms. The van der Waals surface area contributed by atoms with Crippen LogP contribution in [-0.2, 0) is 0 Å². The molecule has 0 fully saturated rings. The van der Waals surface area contributed by atoms with Gasteiger partial charge in [-0.05, 0) is 59.0 Å². The van der Waals surface area contributed by atoms with Crippen LogP contribution in [0, 0.1) is 0 Å². The van der Waals surface area contributed by atoms with Gasteiger partial charge in [0.15, 0.2) is 5.82 Å². The second-order valence-electron chi connectivity index (χ2n) is 15.2. The van der Waals surface area contributed by atoms with E-state index in [1.54, 1.807) is 0 Å². The maximum Gasteiger partial charge on any atom is 0.160 e. The Morgan fingerprint density at radius 2 is 0.820 bits per heavy atom. The van der Waals surface area contributed by atoms with E-state index in [2.05, 4.69) is 211 Å². The molecule has 0 amide bonds. The Hall–Kier alpha value is -8.21. The average Bonchev–Trinajstić information content (AvgIpc) is 3.35. The zero-order chi connectivity index (χ0) is 40.5. The van der Waals surface area contributed by atoms with E-state index < -0.39 is 0 Å². The molecule has 2 heterocycles. The first-order chi connectivity index (χ1) is 30.2. The lowest BCUT2D eigenvalue weighted by Crippen LogP contribution is -2.10. The fourth-order valence-electron chi connectivity index (χ4n) is 8.51. The van der Waals surface area contributed by atoms with Gasteiger partial charge in [0.2, 0.25) is 0 Å². The first-order valence-corrected chi connectivity index (χ1v) is 20.6. The highest BCUT2D eigenvalue weighted by Gasteiger charge is 2.20. The minimum Gasteiger partial charge on any atom is -0.310 e. The van der Waals surface area contributed by atoms with Crippen molar-refractivity contribution in [1.82, 2.24) is 15.0 Å². The molecule has 0 bridgehead atoms. The van der Waals surface area contributed by atoms with Crippen molar-refractivity contribution < 1.29 is 0 Å². The molecular formula is C57H38N4. The van der Waals surface area contributed by atoms with Crippen LogP contribution in [0.15, 0.2) is 231 Å². The third kappa shape index (κ3) is 6.76. The number of nitrogens with zero attached hydrogens (tertiary/aromatic N) is 4. The zero-order valence-electron chi connectivity index (χ0n) is 33.2. The number of fused-ring (bicyclic) bond motifs is 5. The van der Waals surface area contributed by atoms with E-state index in [1.165, 1.54) is 21.7 Å². The van der Waals surface area contributed by atoms with Crippen LogP contribution < -0.4 is 4.90 Å². The minimum absolute atomic E-state index is 0.685. The number of benzene rings is 9. The van der Waals surface area contributed by atoms with Gasteiger partial charge in [-0.3, -0.25) is 0 Å². The van der Waals surface area contributed by atoms with Crippen LogP contribution in [0.5, 0.6) is 0 Å². The van der Waals surface area contributed by atoms with Gasteiger partial charge in [-0.15, -0.1) is 0 Å². The van der Waals surface area contributed by atoms with E-state index >= 15 is 0 Å². The summed E-state index contributed by atoms with van der Waals surface area (Å²) in [5.74, 6) is 0.685. The molecule has 0 atom stereocenters. The van der Waals surface area contributed by atoms with Gasteiger partial charge < -0.3 is 4.90 Å². The first kappa shape index (κ1) is 35.9. The maximum absolute atomic E-state index is 5.37. The quantitative estimate of drug-likeness (QED) is 0.144. The van der Waals surface area contributed by atoms with Gasteiger partial charge in [-0.25, -0.2) is 15.0 Å². The number of hydrogen-bond acceptors (Lipinski definition) is 4. The van der Waals surface area contributed by atoms with Crippen LogP contribution >= 0.6 is 0 Å². The molecule has 2 aromatic heterocycles. The number of hydrogen-bond donors (Lipinski definition) is 0. The van der Waals surface area contributed by atoms with Crippen molar-refractivity contribution in [3.8, 4) is 56.3 Å². The van der Waals surface area contributed by atoms with E-state index in [0.717, 1.165) is 78.3 Å². The summed E-state index contributed by atoms with van der Waals surface area (Å²) in [5, 5.41) is 5.75. The van der Waals surface area contributed by atoms with Crippen molar-refractivity contribution in [1.29, 1.82) is 0 Å². The van der Waals surface area contributed by atoms with Gasteiger partial charge in [0.05, 0.1) is 28.3 Å². The molecule has 0 saturated heterocycles. The molecule has 9 aromatic carbocycles. The van der Waals surface area contributed by atoms with E-state index in [9.17, 15) is 0 Å². The molecule has 0 unspecified atom stereocenters. The summed E-state index contributed by atoms with van der Waals surface area (Å²) >= 11 is 0. The van der Waals surface area contributed by atoms with Crippen LogP contribution in [-0.4, -0.2) is 15.0 Å². The van der Waals surface area contributed by atoms with E-state index in [0.29, 0.717) is 5.82 Å². The second-order valence-corrected chi connectivity index (χ2v) is 15.2. The van der Waals surface area contributed by atoms with Gasteiger partial charge in [-0.1, -0.05) is 188 Å². The molecule has 0 aliphatic rings. The van der Waals surface area contributed by atoms with Crippen molar-refractivity contribution in [3.05, 3.63) is 231 Å². The summed E-state index contributed by atoms with van der Waals surface area (Å²) in [6.07, 6.45) is 0. The lowest BCUT2D eigenvalue weighted by Gasteiger charge is -2.27. The number of pyridine rings is 1. The summed E-state index contributed by atoms with van der Waals surface area (Å²) in [7, 11) is 0. The average molecular weight is 779 g/mol. The second kappa shape index (κ2) is 15.5. The summed E-state index contributed by atoms with van der Waals surface area (Å²) in [4.78, 5) is 18.0. The Bertz CT molecular complexity index is 3280. The van der Waals surface area contributed by atoms with Gasteiger partial charge in [0, 0.05) is 55.2 Å². The molecule has 4 heteroatoms. The number of rotatable bonds is 8. The smallest absolute Gasteiger partial charge is 0.160 e.